The minimum atomic E-state index is -0.0144. The van der Waals surface area contributed by atoms with Gasteiger partial charge in [-0.15, -0.1) is 0 Å². The third-order valence-corrected chi connectivity index (χ3v) is 1.40. The number of aromatic nitrogens is 1. The molecule has 0 bridgehead atoms. The van der Waals surface area contributed by atoms with Gasteiger partial charge in [0.25, 0.3) is 0 Å². The van der Waals surface area contributed by atoms with E-state index in [2.05, 4.69) is 4.98 Å². The van der Waals surface area contributed by atoms with Crippen LogP contribution in [0.3, 0.4) is 0 Å². The molecule has 0 fully saturated rings. The summed E-state index contributed by atoms with van der Waals surface area (Å²) in [4.78, 5) is 15.2. The van der Waals surface area contributed by atoms with Gasteiger partial charge in [-0.25, -0.2) is 4.98 Å². The van der Waals surface area contributed by atoms with Crippen LogP contribution in [0.15, 0.2) is 10.7 Å². The zero-order valence-electron chi connectivity index (χ0n) is 8.92. The van der Waals surface area contributed by atoms with Crippen LogP contribution in [0.1, 0.15) is 44.1 Å². The molecule has 13 heavy (non-hydrogen) atoms. The van der Waals surface area contributed by atoms with E-state index in [0.29, 0.717) is 11.6 Å². The van der Waals surface area contributed by atoms with Crippen LogP contribution in [0, 0.1) is 12.8 Å². The second-order valence-electron chi connectivity index (χ2n) is 2.77. The van der Waals surface area contributed by atoms with E-state index in [0.717, 1.165) is 0 Å². The molecule has 3 heteroatoms. The molecule has 1 heterocycles. The van der Waals surface area contributed by atoms with Crippen LogP contribution < -0.4 is 0 Å². The first-order valence-corrected chi connectivity index (χ1v) is 4.57. The van der Waals surface area contributed by atoms with E-state index in [1.165, 1.54) is 6.26 Å². The highest BCUT2D eigenvalue weighted by molar-refractivity contribution is 5.95. The van der Waals surface area contributed by atoms with Crippen LogP contribution in [0.25, 0.3) is 0 Å². The lowest BCUT2D eigenvalue weighted by molar-refractivity contribution is 0.0934. The third kappa shape index (κ3) is 3.40. The molecular weight excluding hydrogens is 166 g/mol. The molecule has 0 aromatic carbocycles. The largest absolute Gasteiger partial charge is 0.449 e. The summed E-state index contributed by atoms with van der Waals surface area (Å²) < 4.78 is 4.90. The number of hydrogen-bond donors (Lipinski definition) is 0. The van der Waals surface area contributed by atoms with E-state index < -0.39 is 0 Å². The molecule has 0 radical (unpaired) electrons. The Morgan fingerprint density at radius 2 is 2.00 bits per heavy atom. The maximum absolute atomic E-state index is 11.2. The van der Waals surface area contributed by atoms with E-state index in [1.54, 1.807) is 6.92 Å². The van der Waals surface area contributed by atoms with Gasteiger partial charge in [-0.05, 0) is 0 Å². The fraction of sp³-hybridized carbons (Fsp3) is 0.600. The molecule has 1 rings (SSSR count). The van der Waals surface area contributed by atoms with Crippen LogP contribution in [0.4, 0.5) is 0 Å². The lowest BCUT2D eigenvalue weighted by Gasteiger charge is -1.96. The third-order valence-electron chi connectivity index (χ3n) is 1.40. The summed E-state index contributed by atoms with van der Waals surface area (Å²) in [6, 6.07) is 0. The summed E-state index contributed by atoms with van der Waals surface area (Å²) in [7, 11) is 0. The molecule has 0 unspecified atom stereocenters. The molecule has 1 aromatic rings. The molecule has 3 nitrogen and oxygen atoms in total. The van der Waals surface area contributed by atoms with Gasteiger partial charge in [0.15, 0.2) is 11.7 Å². The van der Waals surface area contributed by atoms with Gasteiger partial charge in [-0.3, -0.25) is 4.79 Å². The van der Waals surface area contributed by atoms with Crippen LogP contribution >= 0.6 is 0 Å². The molecule has 74 valence electrons. The first kappa shape index (κ1) is 11.9. The molecule has 1 aromatic heterocycles. The van der Waals surface area contributed by atoms with Crippen molar-refractivity contribution >= 4 is 5.78 Å². The minimum Gasteiger partial charge on any atom is -0.449 e. The Kier molecular flexibility index (Phi) is 5.04. The standard InChI is InChI=1S/C8H11NO2.C2H6/c1-5(2)8(10)7-4-11-6(3)9-7;1-2/h4-5H,1-3H3;1-2H3. The lowest BCUT2D eigenvalue weighted by Crippen LogP contribution is -2.07. The Hall–Kier alpha value is -1.12. The molecule has 0 saturated carbocycles. The van der Waals surface area contributed by atoms with Crippen LogP contribution in [-0.2, 0) is 0 Å². The summed E-state index contributed by atoms with van der Waals surface area (Å²) in [6.45, 7) is 9.40. The first-order valence-electron chi connectivity index (χ1n) is 4.57. The van der Waals surface area contributed by atoms with Crippen molar-refractivity contribution in [3.8, 4) is 0 Å². The number of nitrogens with zero attached hydrogens (tertiary/aromatic N) is 1. The highest BCUT2D eigenvalue weighted by Crippen LogP contribution is 2.07. The number of Topliss-reactive ketones (excluding diaryl/α,β-unsaturated/α-hetero) is 1. The Labute approximate surface area is 79.2 Å². The summed E-state index contributed by atoms with van der Waals surface area (Å²) >= 11 is 0. The van der Waals surface area contributed by atoms with Gasteiger partial charge in [0, 0.05) is 12.8 Å². The fourth-order valence-electron chi connectivity index (χ4n) is 0.772. The Bertz CT molecular complexity index is 264. The number of hydrogen-bond acceptors (Lipinski definition) is 3. The second-order valence-corrected chi connectivity index (χ2v) is 2.77. The van der Waals surface area contributed by atoms with Gasteiger partial charge in [0.2, 0.25) is 0 Å². The number of carbonyl (C=O) groups is 1. The van der Waals surface area contributed by atoms with Crippen molar-refractivity contribution in [2.75, 3.05) is 0 Å². The summed E-state index contributed by atoms with van der Waals surface area (Å²) in [5, 5.41) is 0. The molecule has 0 saturated heterocycles. The van der Waals surface area contributed by atoms with Gasteiger partial charge >= 0.3 is 0 Å². The molecule has 0 atom stereocenters. The molecule has 0 aliphatic carbocycles. The number of carbonyl (C=O) groups excluding carboxylic acids is 1. The van der Waals surface area contributed by atoms with Gasteiger partial charge < -0.3 is 4.42 Å². The predicted octanol–water partition coefficient (Wildman–Crippen LogP) is 2.85. The molecule has 0 spiro atoms. The molecule has 0 amide bonds. The van der Waals surface area contributed by atoms with Crippen molar-refractivity contribution < 1.29 is 9.21 Å². The maximum Gasteiger partial charge on any atom is 0.191 e. The lowest BCUT2D eigenvalue weighted by atomic mass is 10.1. The van der Waals surface area contributed by atoms with E-state index in [-0.39, 0.29) is 11.7 Å². The Morgan fingerprint density at radius 1 is 1.46 bits per heavy atom. The SMILES string of the molecule is CC.Cc1nc(C(=O)C(C)C)co1. The molecular formula is C10H17NO2. The van der Waals surface area contributed by atoms with Crippen LogP contribution in [0.2, 0.25) is 0 Å². The fourth-order valence-corrected chi connectivity index (χ4v) is 0.772. The predicted molar refractivity (Wildman–Crippen MR) is 51.8 cm³/mol. The summed E-state index contributed by atoms with van der Waals surface area (Å²) in [6.07, 6.45) is 1.40. The van der Waals surface area contributed by atoms with Crippen LogP contribution in [-0.4, -0.2) is 10.8 Å². The summed E-state index contributed by atoms with van der Waals surface area (Å²) in [5.74, 6) is 0.551. The van der Waals surface area contributed by atoms with Crippen LogP contribution in [0.5, 0.6) is 0 Å². The number of aryl methyl sites for hydroxylation is 1. The molecule has 0 aliphatic heterocycles. The van der Waals surface area contributed by atoms with Gasteiger partial charge in [0.1, 0.15) is 12.0 Å². The molecule has 0 N–H and O–H groups in total. The monoisotopic (exact) mass is 183 g/mol. The van der Waals surface area contributed by atoms with E-state index in [9.17, 15) is 4.79 Å². The first-order chi connectivity index (χ1) is 6.11. The Morgan fingerprint density at radius 3 is 2.31 bits per heavy atom. The van der Waals surface area contributed by atoms with Crippen molar-refractivity contribution in [2.24, 2.45) is 5.92 Å². The number of ketones is 1. The summed E-state index contributed by atoms with van der Waals surface area (Å²) in [5.41, 5.74) is 0.428. The zero-order chi connectivity index (χ0) is 10.4. The topological polar surface area (TPSA) is 43.1 Å². The van der Waals surface area contributed by atoms with Gasteiger partial charge in [-0.2, -0.15) is 0 Å². The number of oxazole rings is 1. The average Bonchev–Trinajstić information content (AvgIpc) is 2.54. The normalized spacial score (nSPS) is 9.38. The highest BCUT2D eigenvalue weighted by Gasteiger charge is 2.13. The maximum atomic E-state index is 11.2. The Balaban J connectivity index is 0.000000671. The van der Waals surface area contributed by atoms with Crippen molar-refractivity contribution in [1.29, 1.82) is 0 Å². The smallest absolute Gasteiger partial charge is 0.191 e. The number of rotatable bonds is 2. The van der Waals surface area contributed by atoms with Crippen molar-refractivity contribution in [2.45, 2.75) is 34.6 Å². The van der Waals surface area contributed by atoms with Crippen molar-refractivity contribution in [1.82, 2.24) is 4.98 Å². The van der Waals surface area contributed by atoms with Crippen molar-refractivity contribution in [3.63, 3.8) is 0 Å². The minimum absolute atomic E-state index is 0.0144. The zero-order valence-corrected chi connectivity index (χ0v) is 8.92. The van der Waals surface area contributed by atoms with E-state index >= 15 is 0 Å². The van der Waals surface area contributed by atoms with Gasteiger partial charge in [0.05, 0.1) is 0 Å². The average molecular weight is 183 g/mol. The molecule has 0 aliphatic rings. The van der Waals surface area contributed by atoms with E-state index in [4.69, 9.17) is 4.42 Å². The quantitative estimate of drug-likeness (QED) is 0.662. The van der Waals surface area contributed by atoms with Gasteiger partial charge in [-0.1, -0.05) is 27.7 Å². The van der Waals surface area contributed by atoms with E-state index in [1.807, 2.05) is 27.7 Å². The second kappa shape index (κ2) is 5.51. The highest BCUT2D eigenvalue weighted by atomic mass is 16.3. The van der Waals surface area contributed by atoms with Crippen molar-refractivity contribution in [3.05, 3.63) is 17.8 Å².